The van der Waals surface area contributed by atoms with E-state index in [-0.39, 0.29) is 6.54 Å². The first-order chi connectivity index (χ1) is 7.06. The summed E-state index contributed by atoms with van der Waals surface area (Å²) in [6, 6.07) is 8.94. The smallest absolute Gasteiger partial charge is 0.324 e. The van der Waals surface area contributed by atoms with Crippen LogP contribution in [-0.2, 0) is 11.3 Å². The predicted octanol–water partition coefficient (Wildman–Crippen LogP) is 2.35. The van der Waals surface area contributed by atoms with Crippen LogP contribution in [0.4, 0.5) is 8.78 Å². The summed E-state index contributed by atoms with van der Waals surface area (Å²) in [6.07, 6.45) is -0.479. The lowest BCUT2D eigenvalue weighted by molar-refractivity contribution is -0.146. The Morgan fingerprint density at radius 3 is 2.47 bits per heavy atom. The van der Waals surface area contributed by atoms with Gasteiger partial charge in [-0.2, -0.15) is 8.78 Å². The molecular formula is C11H13F2NO. The molecule has 0 aromatic heterocycles. The van der Waals surface area contributed by atoms with Crippen LogP contribution >= 0.6 is 0 Å². The van der Waals surface area contributed by atoms with Gasteiger partial charge in [0.15, 0.2) is 0 Å². The van der Waals surface area contributed by atoms with Gasteiger partial charge in [-0.05, 0) is 5.56 Å². The zero-order valence-electron chi connectivity index (χ0n) is 8.47. The van der Waals surface area contributed by atoms with Crippen LogP contribution in [0.25, 0.3) is 0 Å². The summed E-state index contributed by atoms with van der Waals surface area (Å²) in [5.74, 6) is -4.48. The maximum Gasteiger partial charge on any atom is 0.324 e. The Morgan fingerprint density at radius 1 is 1.33 bits per heavy atom. The minimum atomic E-state index is -3.27. The Morgan fingerprint density at radius 2 is 1.93 bits per heavy atom. The van der Waals surface area contributed by atoms with Crippen LogP contribution in [0.2, 0.25) is 0 Å². The molecule has 0 aliphatic heterocycles. The van der Waals surface area contributed by atoms with E-state index in [1.165, 1.54) is 6.92 Å². The Bertz CT molecular complexity index is 325. The molecule has 0 atom stereocenters. The Balaban J connectivity index is 2.48. The van der Waals surface area contributed by atoms with Gasteiger partial charge in [-0.1, -0.05) is 37.3 Å². The molecule has 0 unspecified atom stereocenters. The highest BCUT2D eigenvalue weighted by Crippen LogP contribution is 2.17. The second-order valence-electron chi connectivity index (χ2n) is 3.23. The molecule has 1 aromatic rings. The van der Waals surface area contributed by atoms with E-state index in [1.54, 1.807) is 24.3 Å². The van der Waals surface area contributed by atoms with Crippen molar-refractivity contribution in [2.24, 2.45) is 0 Å². The van der Waals surface area contributed by atoms with Crippen LogP contribution in [0, 0.1) is 0 Å². The molecular weight excluding hydrogens is 200 g/mol. The second-order valence-corrected chi connectivity index (χ2v) is 3.23. The van der Waals surface area contributed by atoms with Crippen molar-refractivity contribution in [2.75, 3.05) is 0 Å². The van der Waals surface area contributed by atoms with Crippen molar-refractivity contribution in [1.29, 1.82) is 0 Å². The average molecular weight is 213 g/mol. The van der Waals surface area contributed by atoms with Crippen molar-refractivity contribution >= 4 is 5.91 Å². The lowest BCUT2D eigenvalue weighted by Gasteiger charge is -2.13. The van der Waals surface area contributed by atoms with Crippen LogP contribution in [0.15, 0.2) is 30.3 Å². The molecule has 0 aliphatic rings. The summed E-state index contributed by atoms with van der Waals surface area (Å²) < 4.78 is 25.7. The Hall–Kier alpha value is -1.45. The van der Waals surface area contributed by atoms with Crippen molar-refractivity contribution in [1.82, 2.24) is 5.32 Å². The molecule has 82 valence electrons. The van der Waals surface area contributed by atoms with Crippen LogP contribution in [-0.4, -0.2) is 11.8 Å². The SMILES string of the molecule is CCC(F)(F)C(=O)NCc1ccccc1. The minimum Gasteiger partial charge on any atom is -0.347 e. The number of nitrogens with one attached hydrogen (secondary N) is 1. The van der Waals surface area contributed by atoms with Crippen molar-refractivity contribution in [3.05, 3.63) is 35.9 Å². The quantitative estimate of drug-likeness (QED) is 0.817. The van der Waals surface area contributed by atoms with E-state index < -0.39 is 18.3 Å². The zero-order chi connectivity index (χ0) is 11.3. The van der Waals surface area contributed by atoms with Crippen LogP contribution < -0.4 is 5.32 Å². The van der Waals surface area contributed by atoms with E-state index in [2.05, 4.69) is 5.32 Å². The van der Waals surface area contributed by atoms with E-state index in [0.29, 0.717) is 0 Å². The van der Waals surface area contributed by atoms with Gasteiger partial charge in [-0.25, -0.2) is 0 Å². The Labute approximate surface area is 87.3 Å². The van der Waals surface area contributed by atoms with Crippen LogP contribution in [0.3, 0.4) is 0 Å². The summed E-state index contributed by atoms with van der Waals surface area (Å²) in [4.78, 5) is 11.0. The molecule has 1 N–H and O–H groups in total. The molecule has 0 saturated carbocycles. The normalized spacial score (nSPS) is 11.1. The standard InChI is InChI=1S/C11H13F2NO/c1-2-11(12,13)10(15)14-8-9-6-4-3-5-7-9/h3-7H,2,8H2,1H3,(H,14,15). The largest absolute Gasteiger partial charge is 0.347 e. The van der Waals surface area contributed by atoms with Gasteiger partial charge in [0.1, 0.15) is 0 Å². The third kappa shape index (κ3) is 3.31. The number of rotatable bonds is 4. The number of alkyl halides is 2. The number of carbonyl (C=O) groups is 1. The number of benzene rings is 1. The molecule has 1 rings (SSSR count). The maximum absolute atomic E-state index is 12.8. The van der Waals surface area contributed by atoms with Gasteiger partial charge in [0, 0.05) is 13.0 Å². The number of amides is 1. The van der Waals surface area contributed by atoms with E-state index in [1.807, 2.05) is 6.07 Å². The first-order valence-corrected chi connectivity index (χ1v) is 4.76. The summed E-state index contributed by atoms with van der Waals surface area (Å²) in [5, 5.41) is 2.20. The van der Waals surface area contributed by atoms with Gasteiger partial charge in [0.2, 0.25) is 0 Å². The third-order valence-corrected chi connectivity index (χ3v) is 2.07. The molecule has 0 aliphatic carbocycles. The average Bonchev–Trinajstić information content (AvgIpc) is 2.27. The molecule has 0 bridgehead atoms. The molecule has 15 heavy (non-hydrogen) atoms. The lowest BCUT2D eigenvalue weighted by Crippen LogP contribution is -2.39. The van der Waals surface area contributed by atoms with E-state index in [9.17, 15) is 13.6 Å². The van der Waals surface area contributed by atoms with Gasteiger partial charge in [-0.15, -0.1) is 0 Å². The van der Waals surface area contributed by atoms with Crippen molar-refractivity contribution in [2.45, 2.75) is 25.8 Å². The first kappa shape index (κ1) is 11.6. The summed E-state index contributed by atoms with van der Waals surface area (Å²) in [7, 11) is 0. The monoisotopic (exact) mass is 213 g/mol. The van der Waals surface area contributed by atoms with E-state index >= 15 is 0 Å². The van der Waals surface area contributed by atoms with Crippen molar-refractivity contribution < 1.29 is 13.6 Å². The number of carbonyl (C=O) groups excluding carboxylic acids is 1. The molecule has 0 radical (unpaired) electrons. The number of hydrogen-bond donors (Lipinski definition) is 1. The number of hydrogen-bond acceptors (Lipinski definition) is 1. The molecule has 1 aromatic carbocycles. The fraction of sp³-hybridized carbons (Fsp3) is 0.364. The zero-order valence-corrected chi connectivity index (χ0v) is 8.47. The van der Waals surface area contributed by atoms with Gasteiger partial charge in [0.25, 0.3) is 5.91 Å². The first-order valence-electron chi connectivity index (χ1n) is 4.76. The topological polar surface area (TPSA) is 29.1 Å². The van der Waals surface area contributed by atoms with Gasteiger partial charge in [-0.3, -0.25) is 4.79 Å². The summed E-state index contributed by atoms with van der Waals surface area (Å²) >= 11 is 0. The summed E-state index contributed by atoms with van der Waals surface area (Å²) in [5.41, 5.74) is 0.803. The van der Waals surface area contributed by atoms with E-state index in [4.69, 9.17) is 0 Å². The highest BCUT2D eigenvalue weighted by Gasteiger charge is 2.35. The van der Waals surface area contributed by atoms with Crippen LogP contribution in [0.5, 0.6) is 0 Å². The van der Waals surface area contributed by atoms with Gasteiger partial charge < -0.3 is 5.32 Å². The van der Waals surface area contributed by atoms with E-state index in [0.717, 1.165) is 5.56 Å². The molecule has 0 heterocycles. The number of halogens is 2. The van der Waals surface area contributed by atoms with Gasteiger partial charge >= 0.3 is 5.92 Å². The van der Waals surface area contributed by atoms with Crippen molar-refractivity contribution in [3.8, 4) is 0 Å². The maximum atomic E-state index is 12.8. The summed E-state index contributed by atoms with van der Waals surface area (Å²) in [6.45, 7) is 1.41. The molecule has 1 amide bonds. The molecule has 0 spiro atoms. The van der Waals surface area contributed by atoms with Crippen LogP contribution in [0.1, 0.15) is 18.9 Å². The Kier molecular flexibility index (Phi) is 3.77. The highest BCUT2D eigenvalue weighted by atomic mass is 19.3. The lowest BCUT2D eigenvalue weighted by atomic mass is 10.2. The van der Waals surface area contributed by atoms with Gasteiger partial charge in [0.05, 0.1) is 0 Å². The minimum absolute atomic E-state index is 0.134. The molecule has 2 nitrogen and oxygen atoms in total. The fourth-order valence-electron chi connectivity index (χ4n) is 1.07. The molecule has 4 heteroatoms. The fourth-order valence-corrected chi connectivity index (χ4v) is 1.07. The highest BCUT2D eigenvalue weighted by molar-refractivity contribution is 5.83. The molecule has 0 fully saturated rings. The van der Waals surface area contributed by atoms with Crippen molar-refractivity contribution in [3.63, 3.8) is 0 Å². The third-order valence-electron chi connectivity index (χ3n) is 2.07. The predicted molar refractivity (Wildman–Crippen MR) is 53.5 cm³/mol. The molecule has 0 saturated heterocycles. The second kappa shape index (κ2) is 4.87.